The highest BCUT2D eigenvalue weighted by Gasteiger charge is 2.16. The van der Waals surface area contributed by atoms with Gasteiger partial charge in [-0.05, 0) is 42.3 Å². The van der Waals surface area contributed by atoms with Crippen LogP contribution in [0.4, 0.5) is 5.69 Å². The first kappa shape index (κ1) is 20.7. The number of sulfonamides is 2. The zero-order valence-electron chi connectivity index (χ0n) is 14.3. The average Bonchev–Trinajstić information content (AvgIpc) is 2.57. The molecule has 0 radical (unpaired) electrons. The van der Waals surface area contributed by atoms with Crippen LogP contribution in [-0.2, 0) is 25.8 Å². The lowest BCUT2D eigenvalue weighted by atomic mass is 10.2. The Morgan fingerprint density at radius 2 is 1.62 bits per heavy atom. The van der Waals surface area contributed by atoms with E-state index in [4.69, 9.17) is 11.6 Å². The number of halogens is 1. The Kier molecular flexibility index (Phi) is 7.05. The summed E-state index contributed by atoms with van der Waals surface area (Å²) in [4.78, 5) is 0.0858. The summed E-state index contributed by atoms with van der Waals surface area (Å²) in [6, 6.07) is 12.2. The molecule has 0 saturated carbocycles. The standard InChI is InChI=1S/C17H21ClN2O4S2/c1-2-3-12-19-26(23,24)16-10-8-15(9-11-16)20-25(21,22)13-14-6-4-5-7-17(14)18/h4-11,19-20H,2-3,12-13H2,1H3. The third-order valence-corrected chi connectivity index (χ3v) is 6.65. The Labute approximate surface area is 159 Å². The first-order valence-corrected chi connectivity index (χ1v) is 11.6. The van der Waals surface area contributed by atoms with Gasteiger partial charge in [0.1, 0.15) is 0 Å². The Hall–Kier alpha value is -1.61. The van der Waals surface area contributed by atoms with Gasteiger partial charge in [-0.15, -0.1) is 0 Å². The molecule has 26 heavy (non-hydrogen) atoms. The second-order valence-electron chi connectivity index (χ2n) is 5.73. The van der Waals surface area contributed by atoms with Gasteiger partial charge in [-0.2, -0.15) is 0 Å². The first-order valence-electron chi connectivity index (χ1n) is 8.07. The fraction of sp³-hybridized carbons (Fsp3) is 0.294. The molecule has 0 atom stereocenters. The van der Waals surface area contributed by atoms with E-state index in [1.165, 1.54) is 24.3 Å². The van der Waals surface area contributed by atoms with Gasteiger partial charge in [0.25, 0.3) is 0 Å². The molecular formula is C17H21ClN2O4S2. The van der Waals surface area contributed by atoms with Crippen molar-refractivity contribution in [3.8, 4) is 0 Å². The molecular weight excluding hydrogens is 396 g/mol. The molecule has 0 aliphatic carbocycles. The molecule has 0 heterocycles. The van der Waals surface area contributed by atoms with E-state index < -0.39 is 20.0 Å². The highest BCUT2D eigenvalue weighted by atomic mass is 35.5. The lowest BCUT2D eigenvalue weighted by molar-refractivity contribution is 0.578. The Bertz CT molecular complexity index is 943. The minimum atomic E-state index is -3.68. The molecule has 142 valence electrons. The molecule has 2 rings (SSSR count). The average molecular weight is 417 g/mol. The maximum absolute atomic E-state index is 12.3. The molecule has 2 aromatic carbocycles. The Morgan fingerprint density at radius 3 is 2.23 bits per heavy atom. The normalized spacial score (nSPS) is 12.1. The molecule has 0 aromatic heterocycles. The van der Waals surface area contributed by atoms with Gasteiger partial charge in [0, 0.05) is 17.3 Å². The van der Waals surface area contributed by atoms with Gasteiger partial charge in [-0.25, -0.2) is 21.6 Å². The van der Waals surface area contributed by atoms with Crippen LogP contribution in [0.15, 0.2) is 53.4 Å². The summed E-state index contributed by atoms with van der Waals surface area (Å²) in [5.74, 6) is -0.273. The lowest BCUT2D eigenvalue weighted by Gasteiger charge is -2.10. The van der Waals surface area contributed by atoms with Gasteiger partial charge in [-0.3, -0.25) is 4.72 Å². The predicted molar refractivity (Wildman–Crippen MR) is 104 cm³/mol. The highest BCUT2D eigenvalue weighted by Crippen LogP contribution is 2.20. The number of nitrogens with one attached hydrogen (secondary N) is 2. The van der Waals surface area contributed by atoms with Crippen molar-refractivity contribution in [1.82, 2.24) is 4.72 Å². The molecule has 0 saturated heterocycles. The van der Waals surface area contributed by atoms with Crippen LogP contribution in [0.5, 0.6) is 0 Å². The van der Waals surface area contributed by atoms with E-state index in [0.29, 0.717) is 17.1 Å². The van der Waals surface area contributed by atoms with E-state index in [9.17, 15) is 16.8 Å². The van der Waals surface area contributed by atoms with Crippen molar-refractivity contribution in [1.29, 1.82) is 0 Å². The number of unbranched alkanes of at least 4 members (excludes halogenated alkanes) is 1. The van der Waals surface area contributed by atoms with E-state index in [1.807, 2.05) is 6.92 Å². The topological polar surface area (TPSA) is 92.3 Å². The van der Waals surface area contributed by atoms with Gasteiger partial charge in [0.05, 0.1) is 10.6 Å². The third-order valence-electron chi connectivity index (χ3n) is 3.56. The number of hydrogen-bond donors (Lipinski definition) is 2. The van der Waals surface area contributed by atoms with Crippen LogP contribution >= 0.6 is 11.6 Å². The summed E-state index contributed by atoms with van der Waals surface area (Å²) in [5, 5.41) is 0.373. The second-order valence-corrected chi connectivity index (χ2v) is 9.62. The molecule has 0 aliphatic rings. The molecule has 0 spiro atoms. The Balaban J connectivity index is 2.07. The molecule has 2 N–H and O–H groups in total. The Morgan fingerprint density at radius 1 is 0.962 bits per heavy atom. The van der Waals surface area contributed by atoms with E-state index in [1.54, 1.807) is 24.3 Å². The summed E-state index contributed by atoms with van der Waals surface area (Å²) in [6.07, 6.45) is 1.63. The SMILES string of the molecule is CCCCNS(=O)(=O)c1ccc(NS(=O)(=O)Cc2ccccc2Cl)cc1. The minimum absolute atomic E-state index is 0.0858. The van der Waals surface area contributed by atoms with Crippen molar-refractivity contribution >= 4 is 37.3 Å². The van der Waals surface area contributed by atoms with Crippen LogP contribution in [0.1, 0.15) is 25.3 Å². The third kappa shape index (κ3) is 5.98. The van der Waals surface area contributed by atoms with E-state index >= 15 is 0 Å². The van der Waals surface area contributed by atoms with Crippen LogP contribution in [-0.4, -0.2) is 23.4 Å². The van der Waals surface area contributed by atoms with E-state index in [-0.39, 0.29) is 16.3 Å². The van der Waals surface area contributed by atoms with Crippen molar-refractivity contribution in [2.24, 2.45) is 0 Å². The van der Waals surface area contributed by atoms with Gasteiger partial charge in [-0.1, -0.05) is 43.1 Å². The fourth-order valence-electron chi connectivity index (χ4n) is 2.20. The predicted octanol–water partition coefficient (Wildman–Crippen LogP) is 3.36. The number of hydrogen-bond acceptors (Lipinski definition) is 4. The van der Waals surface area contributed by atoms with Crippen molar-refractivity contribution in [2.75, 3.05) is 11.3 Å². The molecule has 9 heteroatoms. The van der Waals surface area contributed by atoms with E-state index in [2.05, 4.69) is 9.44 Å². The summed E-state index contributed by atoms with van der Waals surface area (Å²) in [7, 11) is -7.27. The molecule has 0 bridgehead atoms. The first-order chi connectivity index (χ1) is 12.2. The zero-order valence-corrected chi connectivity index (χ0v) is 16.7. The molecule has 0 unspecified atom stereocenters. The minimum Gasteiger partial charge on any atom is -0.283 e. The van der Waals surface area contributed by atoms with Crippen molar-refractivity contribution in [3.05, 3.63) is 59.1 Å². The lowest BCUT2D eigenvalue weighted by Crippen LogP contribution is -2.24. The van der Waals surface area contributed by atoms with Crippen LogP contribution in [0, 0.1) is 0 Å². The van der Waals surface area contributed by atoms with Gasteiger partial charge >= 0.3 is 0 Å². The maximum Gasteiger partial charge on any atom is 0.240 e. The molecule has 2 aromatic rings. The number of anilines is 1. The van der Waals surface area contributed by atoms with Crippen molar-refractivity contribution in [2.45, 2.75) is 30.4 Å². The van der Waals surface area contributed by atoms with Gasteiger partial charge in [0.2, 0.25) is 20.0 Å². The number of rotatable bonds is 9. The second kappa shape index (κ2) is 8.85. The van der Waals surface area contributed by atoms with Crippen molar-refractivity contribution in [3.63, 3.8) is 0 Å². The largest absolute Gasteiger partial charge is 0.283 e. The van der Waals surface area contributed by atoms with Crippen molar-refractivity contribution < 1.29 is 16.8 Å². The quantitative estimate of drug-likeness (QED) is 0.613. The summed E-state index contributed by atoms with van der Waals surface area (Å²) in [5.41, 5.74) is 0.769. The van der Waals surface area contributed by atoms with Crippen LogP contribution in [0.3, 0.4) is 0 Å². The fourth-order valence-corrected chi connectivity index (χ4v) is 4.79. The van der Waals surface area contributed by atoms with Crippen LogP contribution in [0.25, 0.3) is 0 Å². The van der Waals surface area contributed by atoms with Crippen LogP contribution < -0.4 is 9.44 Å². The monoisotopic (exact) mass is 416 g/mol. The van der Waals surface area contributed by atoms with Gasteiger partial charge < -0.3 is 0 Å². The molecule has 6 nitrogen and oxygen atoms in total. The van der Waals surface area contributed by atoms with E-state index in [0.717, 1.165) is 12.8 Å². The van der Waals surface area contributed by atoms with Crippen LogP contribution in [0.2, 0.25) is 5.02 Å². The van der Waals surface area contributed by atoms with Gasteiger partial charge in [0.15, 0.2) is 0 Å². The number of benzene rings is 2. The summed E-state index contributed by atoms with van der Waals surface area (Å²) in [6.45, 7) is 2.34. The molecule has 0 fully saturated rings. The summed E-state index contributed by atoms with van der Waals surface area (Å²) >= 11 is 5.99. The zero-order chi connectivity index (χ0) is 19.2. The summed E-state index contributed by atoms with van der Waals surface area (Å²) < 4.78 is 53.7. The smallest absolute Gasteiger partial charge is 0.240 e. The maximum atomic E-state index is 12.3. The highest BCUT2D eigenvalue weighted by molar-refractivity contribution is 7.92. The molecule has 0 aliphatic heterocycles. The molecule has 0 amide bonds.